The molecule has 0 radical (unpaired) electrons. The zero-order valence-electron chi connectivity index (χ0n) is 17.3. The van der Waals surface area contributed by atoms with Crippen molar-refractivity contribution in [2.75, 3.05) is 19.8 Å². The fourth-order valence-corrected chi connectivity index (χ4v) is 3.94. The summed E-state index contributed by atoms with van der Waals surface area (Å²) >= 11 is 6.42. The van der Waals surface area contributed by atoms with Crippen molar-refractivity contribution in [1.82, 2.24) is 0 Å². The van der Waals surface area contributed by atoms with Crippen LogP contribution in [-0.4, -0.2) is 53.1 Å². The van der Waals surface area contributed by atoms with Crippen LogP contribution < -0.4 is 4.74 Å². The number of benzene rings is 2. The van der Waals surface area contributed by atoms with Crippen molar-refractivity contribution < 1.29 is 29.5 Å². The van der Waals surface area contributed by atoms with E-state index >= 15 is 0 Å². The smallest absolute Gasteiger partial charge is 0.194 e. The van der Waals surface area contributed by atoms with Crippen molar-refractivity contribution in [3.63, 3.8) is 0 Å². The molecule has 2 aromatic carbocycles. The second-order valence-electron chi connectivity index (χ2n) is 7.41. The molecule has 1 heterocycles. The van der Waals surface area contributed by atoms with Crippen LogP contribution in [0.25, 0.3) is 0 Å². The Kier molecular flexibility index (Phi) is 7.74. The van der Waals surface area contributed by atoms with Crippen LogP contribution in [-0.2, 0) is 15.9 Å². The molecule has 1 aliphatic heterocycles. The predicted octanol–water partition coefficient (Wildman–Crippen LogP) is 3.24. The van der Waals surface area contributed by atoms with Crippen molar-refractivity contribution in [2.45, 2.75) is 50.8 Å². The van der Waals surface area contributed by atoms with Gasteiger partial charge < -0.3 is 29.5 Å². The summed E-state index contributed by atoms with van der Waals surface area (Å²) < 4.78 is 17.0. The van der Waals surface area contributed by atoms with Gasteiger partial charge >= 0.3 is 0 Å². The van der Waals surface area contributed by atoms with Crippen molar-refractivity contribution in [2.24, 2.45) is 0 Å². The highest BCUT2D eigenvalue weighted by atomic mass is 35.5. The van der Waals surface area contributed by atoms with Gasteiger partial charge in [-0.3, -0.25) is 0 Å². The first-order chi connectivity index (χ1) is 14.4. The Morgan fingerprint density at radius 2 is 1.83 bits per heavy atom. The Hall–Kier alpha value is -1.67. The van der Waals surface area contributed by atoms with E-state index < -0.39 is 30.7 Å². The Bertz CT molecular complexity index is 827. The average Bonchev–Trinajstić information content (AvgIpc) is 2.74. The van der Waals surface area contributed by atoms with Crippen molar-refractivity contribution in [1.29, 1.82) is 0 Å². The molecule has 3 rings (SSSR count). The van der Waals surface area contributed by atoms with Crippen molar-refractivity contribution >= 4 is 11.6 Å². The maximum atomic E-state index is 10.6. The van der Waals surface area contributed by atoms with E-state index in [2.05, 4.69) is 0 Å². The highest BCUT2D eigenvalue weighted by Crippen LogP contribution is 2.39. The number of halogens is 1. The Morgan fingerprint density at radius 1 is 1.10 bits per heavy atom. The molecular weight excluding hydrogens is 408 g/mol. The highest BCUT2D eigenvalue weighted by molar-refractivity contribution is 6.31. The third kappa shape index (κ3) is 5.14. The first kappa shape index (κ1) is 23.0. The number of ether oxygens (including phenoxy) is 3. The van der Waals surface area contributed by atoms with E-state index in [0.717, 1.165) is 16.9 Å². The zero-order chi connectivity index (χ0) is 21.7. The molecule has 1 aliphatic rings. The van der Waals surface area contributed by atoms with Crippen LogP contribution in [0.2, 0.25) is 5.02 Å². The van der Waals surface area contributed by atoms with Gasteiger partial charge in [-0.2, -0.15) is 0 Å². The van der Waals surface area contributed by atoms with Gasteiger partial charge in [0.05, 0.1) is 19.3 Å². The van der Waals surface area contributed by atoms with E-state index in [1.807, 2.05) is 37.3 Å². The SMILES string of the molecule is CCOc1ccc(Cc2cc(C3OC(CO)(OCC)CC(O)C3O)ccc2Cl)cc1. The monoisotopic (exact) mass is 436 g/mol. The Morgan fingerprint density at radius 3 is 2.47 bits per heavy atom. The second kappa shape index (κ2) is 10.1. The van der Waals surface area contributed by atoms with Gasteiger partial charge in [0.2, 0.25) is 0 Å². The maximum absolute atomic E-state index is 10.6. The first-order valence-corrected chi connectivity index (χ1v) is 10.6. The molecule has 2 aromatic rings. The molecule has 7 heteroatoms. The van der Waals surface area contributed by atoms with Gasteiger partial charge in [0.25, 0.3) is 0 Å². The molecule has 0 spiro atoms. The van der Waals surface area contributed by atoms with Crippen LogP contribution in [0, 0.1) is 0 Å². The van der Waals surface area contributed by atoms with Crippen molar-refractivity contribution in [3.05, 3.63) is 64.2 Å². The summed E-state index contributed by atoms with van der Waals surface area (Å²) in [4.78, 5) is 0. The lowest BCUT2D eigenvalue weighted by molar-refractivity contribution is -0.331. The third-order valence-electron chi connectivity index (χ3n) is 5.24. The van der Waals surface area contributed by atoms with Crippen LogP contribution in [0.3, 0.4) is 0 Å². The summed E-state index contributed by atoms with van der Waals surface area (Å²) in [6.07, 6.45) is -2.52. The molecule has 1 fully saturated rings. The molecule has 3 N–H and O–H groups in total. The number of aliphatic hydroxyl groups excluding tert-OH is 3. The molecule has 164 valence electrons. The summed E-state index contributed by atoms with van der Waals surface area (Å²) in [5.41, 5.74) is 2.57. The van der Waals surface area contributed by atoms with Crippen LogP contribution in [0.4, 0.5) is 0 Å². The van der Waals surface area contributed by atoms with Gasteiger partial charge in [-0.1, -0.05) is 35.9 Å². The van der Waals surface area contributed by atoms with Crippen LogP contribution in [0.15, 0.2) is 42.5 Å². The minimum absolute atomic E-state index is 0.0123. The minimum atomic E-state index is -1.35. The molecule has 0 aromatic heterocycles. The molecule has 0 saturated carbocycles. The van der Waals surface area contributed by atoms with Gasteiger partial charge in [-0.05, 0) is 55.2 Å². The van der Waals surface area contributed by atoms with E-state index in [0.29, 0.717) is 30.2 Å². The number of hydrogen-bond donors (Lipinski definition) is 3. The molecule has 30 heavy (non-hydrogen) atoms. The molecule has 0 amide bonds. The van der Waals surface area contributed by atoms with Gasteiger partial charge in [-0.15, -0.1) is 0 Å². The molecule has 0 bridgehead atoms. The number of aliphatic hydroxyl groups is 3. The molecule has 1 saturated heterocycles. The van der Waals surface area contributed by atoms with Crippen LogP contribution in [0.5, 0.6) is 5.75 Å². The standard InChI is InChI=1S/C23H29ClO6/c1-3-28-18-8-5-15(6-9-18)11-17-12-16(7-10-19(17)24)22-21(27)20(26)13-23(14-25,30-22)29-4-2/h5-10,12,20-22,25-27H,3-4,11,13-14H2,1-2H3. The van der Waals surface area contributed by atoms with E-state index in [-0.39, 0.29) is 6.42 Å². The summed E-state index contributed by atoms with van der Waals surface area (Å²) in [6.45, 7) is 4.21. The van der Waals surface area contributed by atoms with E-state index in [9.17, 15) is 15.3 Å². The van der Waals surface area contributed by atoms with Crippen LogP contribution in [0.1, 0.15) is 43.1 Å². The molecule has 6 nitrogen and oxygen atoms in total. The number of hydrogen-bond acceptors (Lipinski definition) is 6. The van der Waals surface area contributed by atoms with Gasteiger partial charge in [-0.25, -0.2) is 0 Å². The quantitative estimate of drug-likeness (QED) is 0.588. The highest BCUT2D eigenvalue weighted by Gasteiger charge is 2.47. The lowest BCUT2D eigenvalue weighted by Crippen LogP contribution is -2.54. The topological polar surface area (TPSA) is 88.4 Å². The van der Waals surface area contributed by atoms with Gasteiger partial charge in [0, 0.05) is 18.1 Å². The minimum Gasteiger partial charge on any atom is -0.494 e. The summed E-state index contributed by atoms with van der Waals surface area (Å²) in [7, 11) is 0. The summed E-state index contributed by atoms with van der Waals surface area (Å²) in [5, 5.41) is 31.3. The van der Waals surface area contributed by atoms with E-state index in [1.54, 1.807) is 19.1 Å². The predicted molar refractivity (Wildman–Crippen MR) is 114 cm³/mol. The zero-order valence-corrected chi connectivity index (χ0v) is 18.0. The molecule has 4 atom stereocenters. The largest absolute Gasteiger partial charge is 0.494 e. The van der Waals surface area contributed by atoms with Crippen LogP contribution >= 0.6 is 11.6 Å². The third-order valence-corrected chi connectivity index (χ3v) is 5.61. The van der Waals surface area contributed by atoms with Gasteiger partial charge in [0.15, 0.2) is 5.79 Å². The molecule has 4 unspecified atom stereocenters. The Labute approximate surface area is 182 Å². The van der Waals surface area contributed by atoms with E-state index in [4.69, 9.17) is 25.8 Å². The number of rotatable bonds is 8. The summed E-state index contributed by atoms with van der Waals surface area (Å²) in [6, 6.07) is 13.2. The van der Waals surface area contributed by atoms with E-state index in [1.165, 1.54) is 0 Å². The lowest BCUT2D eigenvalue weighted by atomic mass is 9.90. The fourth-order valence-electron chi connectivity index (χ4n) is 3.76. The normalized spacial score (nSPS) is 26.5. The molecular formula is C23H29ClO6. The lowest BCUT2D eigenvalue weighted by Gasteiger charge is -2.44. The second-order valence-corrected chi connectivity index (χ2v) is 7.81. The molecule has 0 aliphatic carbocycles. The van der Waals surface area contributed by atoms with Gasteiger partial charge in [0.1, 0.15) is 18.0 Å². The Balaban J connectivity index is 1.85. The maximum Gasteiger partial charge on any atom is 0.194 e. The first-order valence-electron chi connectivity index (χ1n) is 10.2. The fraction of sp³-hybridized carbons (Fsp3) is 0.478. The summed E-state index contributed by atoms with van der Waals surface area (Å²) in [5.74, 6) is -0.544. The van der Waals surface area contributed by atoms with Crippen molar-refractivity contribution in [3.8, 4) is 5.75 Å². The average molecular weight is 437 g/mol.